The smallest absolute Gasteiger partial charge is 0.225 e. The summed E-state index contributed by atoms with van der Waals surface area (Å²) in [6.45, 7) is 3.17. The second kappa shape index (κ2) is 7.37. The number of benzene rings is 1. The zero-order chi connectivity index (χ0) is 16.1. The summed E-state index contributed by atoms with van der Waals surface area (Å²) in [5.74, 6) is 1.06. The van der Waals surface area contributed by atoms with Crippen LogP contribution in [0.2, 0.25) is 0 Å². The van der Waals surface area contributed by atoms with Crippen molar-refractivity contribution in [1.82, 2.24) is 15.3 Å². The van der Waals surface area contributed by atoms with Gasteiger partial charge >= 0.3 is 0 Å². The molecular formula is C17H21FN4O. The summed E-state index contributed by atoms with van der Waals surface area (Å²) in [6.07, 6.45) is 5.77. The van der Waals surface area contributed by atoms with Gasteiger partial charge in [0.1, 0.15) is 11.6 Å². The molecule has 2 heterocycles. The number of phenolic OH excluding ortho intramolecular Hbond substituents is 1. The van der Waals surface area contributed by atoms with Gasteiger partial charge in [0.15, 0.2) is 0 Å². The molecular weight excluding hydrogens is 295 g/mol. The van der Waals surface area contributed by atoms with Gasteiger partial charge < -0.3 is 15.3 Å². The van der Waals surface area contributed by atoms with E-state index < -0.39 is 0 Å². The molecule has 1 atom stereocenters. The first-order chi connectivity index (χ1) is 11.2. The predicted molar refractivity (Wildman–Crippen MR) is 86.7 cm³/mol. The normalized spacial score (nSPS) is 18.1. The quantitative estimate of drug-likeness (QED) is 0.886. The summed E-state index contributed by atoms with van der Waals surface area (Å²) in [5, 5.41) is 13.0. The molecule has 1 fully saturated rings. The number of nitrogens with zero attached hydrogens (tertiary/aromatic N) is 3. The van der Waals surface area contributed by atoms with E-state index in [0.717, 1.165) is 38.4 Å². The number of nitrogens with one attached hydrogen (secondary N) is 1. The predicted octanol–water partition coefficient (Wildman–Crippen LogP) is 2.33. The Balaban J connectivity index is 1.51. The van der Waals surface area contributed by atoms with Crippen LogP contribution in [0.3, 0.4) is 0 Å². The number of aromatic hydroxyl groups is 1. The fourth-order valence-electron chi connectivity index (χ4n) is 2.97. The van der Waals surface area contributed by atoms with Crippen LogP contribution in [0, 0.1) is 11.7 Å². The van der Waals surface area contributed by atoms with Crippen molar-refractivity contribution < 1.29 is 9.50 Å². The number of hydrogen-bond acceptors (Lipinski definition) is 5. The Bertz CT molecular complexity index is 638. The van der Waals surface area contributed by atoms with Gasteiger partial charge in [-0.1, -0.05) is 0 Å². The number of piperidine rings is 1. The SMILES string of the molecule is Oc1ccc(F)cc1CNCC1CCCN(c2ncccn2)C1. The fourth-order valence-corrected chi connectivity index (χ4v) is 2.97. The van der Waals surface area contributed by atoms with Crippen LogP contribution >= 0.6 is 0 Å². The van der Waals surface area contributed by atoms with Gasteiger partial charge in [0.2, 0.25) is 5.95 Å². The maximum absolute atomic E-state index is 13.2. The van der Waals surface area contributed by atoms with Crippen LogP contribution in [0.1, 0.15) is 18.4 Å². The van der Waals surface area contributed by atoms with E-state index in [0.29, 0.717) is 18.0 Å². The second-order valence-corrected chi connectivity index (χ2v) is 5.91. The van der Waals surface area contributed by atoms with E-state index >= 15 is 0 Å². The lowest BCUT2D eigenvalue weighted by atomic mass is 9.98. The molecule has 1 aromatic heterocycles. The van der Waals surface area contributed by atoms with E-state index in [9.17, 15) is 9.50 Å². The molecule has 0 saturated carbocycles. The van der Waals surface area contributed by atoms with Gasteiger partial charge in [-0.15, -0.1) is 0 Å². The summed E-state index contributed by atoms with van der Waals surface area (Å²) in [5.41, 5.74) is 0.587. The van der Waals surface area contributed by atoms with Crippen molar-refractivity contribution >= 4 is 5.95 Å². The zero-order valence-electron chi connectivity index (χ0n) is 13.0. The molecule has 0 spiro atoms. The Kier molecular flexibility index (Phi) is 5.02. The van der Waals surface area contributed by atoms with Crippen molar-refractivity contribution in [1.29, 1.82) is 0 Å². The summed E-state index contributed by atoms with van der Waals surface area (Å²) in [6, 6.07) is 5.84. The molecule has 1 aliphatic heterocycles. The van der Waals surface area contributed by atoms with Crippen molar-refractivity contribution in [2.24, 2.45) is 5.92 Å². The van der Waals surface area contributed by atoms with Crippen LogP contribution in [0.4, 0.5) is 10.3 Å². The van der Waals surface area contributed by atoms with E-state index in [4.69, 9.17) is 0 Å². The van der Waals surface area contributed by atoms with E-state index in [1.807, 2.05) is 6.07 Å². The number of rotatable bonds is 5. The Morgan fingerprint density at radius 1 is 1.30 bits per heavy atom. The van der Waals surface area contributed by atoms with Crippen molar-refractivity contribution in [2.45, 2.75) is 19.4 Å². The van der Waals surface area contributed by atoms with Gasteiger partial charge in [-0.3, -0.25) is 0 Å². The van der Waals surface area contributed by atoms with Crippen LogP contribution in [0.5, 0.6) is 5.75 Å². The minimum Gasteiger partial charge on any atom is -0.508 e. The molecule has 1 unspecified atom stereocenters. The van der Waals surface area contributed by atoms with Gasteiger partial charge in [0, 0.05) is 37.6 Å². The van der Waals surface area contributed by atoms with Crippen LogP contribution in [-0.2, 0) is 6.54 Å². The topological polar surface area (TPSA) is 61.3 Å². The third-order valence-electron chi connectivity index (χ3n) is 4.14. The average molecular weight is 316 g/mol. The lowest BCUT2D eigenvalue weighted by Gasteiger charge is -2.32. The van der Waals surface area contributed by atoms with Crippen LogP contribution < -0.4 is 10.2 Å². The van der Waals surface area contributed by atoms with Crippen molar-refractivity contribution in [3.05, 3.63) is 48.0 Å². The highest BCUT2D eigenvalue weighted by molar-refractivity contribution is 5.32. The Morgan fingerprint density at radius 3 is 2.96 bits per heavy atom. The third kappa shape index (κ3) is 4.16. The van der Waals surface area contributed by atoms with Gasteiger partial charge in [-0.05, 0) is 49.6 Å². The van der Waals surface area contributed by atoms with Crippen LogP contribution in [-0.4, -0.2) is 34.7 Å². The molecule has 5 nitrogen and oxygen atoms in total. The number of phenols is 1. The molecule has 23 heavy (non-hydrogen) atoms. The van der Waals surface area contributed by atoms with Gasteiger partial charge in [0.05, 0.1) is 0 Å². The fraction of sp³-hybridized carbons (Fsp3) is 0.412. The molecule has 2 N–H and O–H groups in total. The molecule has 0 aliphatic carbocycles. The Morgan fingerprint density at radius 2 is 2.13 bits per heavy atom. The van der Waals surface area contributed by atoms with Crippen LogP contribution in [0.15, 0.2) is 36.7 Å². The Hall–Kier alpha value is -2.21. The molecule has 1 saturated heterocycles. The van der Waals surface area contributed by atoms with Crippen molar-refractivity contribution in [3.63, 3.8) is 0 Å². The van der Waals surface area contributed by atoms with Gasteiger partial charge in [-0.25, -0.2) is 14.4 Å². The molecule has 0 radical (unpaired) electrons. The first-order valence-electron chi connectivity index (χ1n) is 7.92. The number of hydrogen-bond donors (Lipinski definition) is 2. The number of anilines is 1. The molecule has 1 aromatic carbocycles. The summed E-state index contributed by atoms with van der Waals surface area (Å²) in [4.78, 5) is 10.8. The second-order valence-electron chi connectivity index (χ2n) is 5.91. The molecule has 1 aliphatic rings. The molecule has 3 rings (SSSR count). The van der Waals surface area contributed by atoms with Crippen molar-refractivity contribution in [3.8, 4) is 5.75 Å². The Labute approximate surface area is 135 Å². The van der Waals surface area contributed by atoms with Gasteiger partial charge in [-0.2, -0.15) is 0 Å². The molecule has 0 bridgehead atoms. The van der Waals surface area contributed by atoms with E-state index in [-0.39, 0.29) is 11.6 Å². The van der Waals surface area contributed by atoms with E-state index in [2.05, 4.69) is 20.2 Å². The lowest BCUT2D eigenvalue weighted by molar-refractivity contribution is 0.386. The highest BCUT2D eigenvalue weighted by Gasteiger charge is 2.21. The van der Waals surface area contributed by atoms with E-state index in [1.165, 1.54) is 18.2 Å². The van der Waals surface area contributed by atoms with Gasteiger partial charge in [0.25, 0.3) is 0 Å². The number of aromatic nitrogens is 2. The first-order valence-corrected chi connectivity index (χ1v) is 7.92. The molecule has 122 valence electrons. The molecule has 0 amide bonds. The maximum Gasteiger partial charge on any atom is 0.225 e. The summed E-state index contributed by atoms with van der Waals surface area (Å²) < 4.78 is 13.2. The maximum atomic E-state index is 13.2. The summed E-state index contributed by atoms with van der Waals surface area (Å²) >= 11 is 0. The molecule has 2 aromatic rings. The highest BCUT2D eigenvalue weighted by atomic mass is 19.1. The van der Waals surface area contributed by atoms with Crippen molar-refractivity contribution in [2.75, 3.05) is 24.5 Å². The summed E-state index contributed by atoms with van der Waals surface area (Å²) in [7, 11) is 0. The lowest BCUT2D eigenvalue weighted by Crippen LogP contribution is -2.40. The average Bonchev–Trinajstić information content (AvgIpc) is 2.59. The third-order valence-corrected chi connectivity index (χ3v) is 4.14. The minimum absolute atomic E-state index is 0.127. The van der Waals surface area contributed by atoms with Crippen LogP contribution in [0.25, 0.3) is 0 Å². The standard InChI is InChI=1S/C17H21FN4O/c18-15-4-5-16(23)14(9-15)11-19-10-13-3-1-8-22(12-13)17-20-6-2-7-21-17/h2,4-7,9,13,19,23H,1,3,8,10-12H2. The van der Waals surface area contributed by atoms with E-state index in [1.54, 1.807) is 12.4 Å². The highest BCUT2D eigenvalue weighted by Crippen LogP contribution is 2.20. The zero-order valence-corrected chi connectivity index (χ0v) is 13.0. The molecule has 6 heteroatoms. The first kappa shape index (κ1) is 15.7. The minimum atomic E-state index is -0.329. The largest absolute Gasteiger partial charge is 0.508 e. The monoisotopic (exact) mass is 316 g/mol. The number of halogens is 1.